The average molecular weight is 450 g/mol. The Hall–Kier alpha value is -3.82. The molecule has 0 unspecified atom stereocenters. The van der Waals surface area contributed by atoms with Crippen LogP contribution in [0.15, 0.2) is 48.4 Å². The number of carbonyl (C=O) groups excluding carboxylic acids is 2. The highest BCUT2D eigenvalue weighted by Gasteiger charge is 2.42. The fourth-order valence-electron chi connectivity index (χ4n) is 4.17. The molecule has 0 N–H and O–H groups in total. The number of rotatable bonds is 8. The summed E-state index contributed by atoms with van der Waals surface area (Å²) in [5, 5.41) is 11.0. The van der Waals surface area contributed by atoms with Crippen LogP contribution in [0.1, 0.15) is 31.7 Å². The summed E-state index contributed by atoms with van der Waals surface area (Å²) in [6.45, 7) is 4.72. The molecule has 1 saturated heterocycles. The fourth-order valence-corrected chi connectivity index (χ4v) is 4.17. The van der Waals surface area contributed by atoms with Gasteiger partial charge in [0.05, 0.1) is 10.5 Å². The van der Waals surface area contributed by atoms with Crippen LogP contribution >= 0.6 is 0 Å². The minimum absolute atomic E-state index is 0.0612. The molecule has 0 saturated carbocycles. The summed E-state index contributed by atoms with van der Waals surface area (Å²) in [4.78, 5) is 51.1. The van der Waals surface area contributed by atoms with Gasteiger partial charge in [0, 0.05) is 57.3 Å². The van der Waals surface area contributed by atoms with Crippen molar-refractivity contribution in [3.8, 4) is 0 Å². The van der Waals surface area contributed by atoms with Crippen LogP contribution in [0.4, 0.5) is 11.6 Å². The molecule has 172 valence electrons. The van der Waals surface area contributed by atoms with Crippen LogP contribution in [0.25, 0.3) is 5.57 Å². The summed E-state index contributed by atoms with van der Waals surface area (Å²) in [6, 6.07) is 7.58. The third kappa shape index (κ3) is 4.55. The number of aromatic nitrogens is 2. The Morgan fingerprint density at radius 2 is 1.58 bits per heavy atom. The van der Waals surface area contributed by atoms with Gasteiger partial charge in [-0.15, -0.1) is 0 Å². The molecule has 33 heavy (non-hydrogen) atoms. The number of hydrogen-bond donors (Lipinski definition) is 0. The molecule has 3 heterocycles. The lowest BCUT2D eigenvalue weighted by Crippen LogP contribution is -2.48. The number of nitro groups is 1. The van der Waals surface area contributed by atoms with Crippen LogP contribution < -0.4 is 4.90 Å². The molecule has 1 aromatic carbocycles. The van der Waals surface area contributed by atoms with Gasteiger partial charge in [-0.1, -0.05) is 19.8 Å². The second-order valence-electron chi connectivity index (χ2n) is 8.02. The first-order chi connectivity index (χ1) is 16.0. The van der Waals surface area contributed by atoms with Crippen LogP contribution in [0.3, 0.4) is 0 Å². The van der Waals surface area contributed by atoms with Gasteiger partial charge in [0.1, 0.15) is 5.70 Å². The molecule has 4 rings (SSSR count). The molecule has 0 atom stereocenters. The molecule has 0 radical (unpaired) electrons. The van der Waals surface area contributed by atoms with Crippen molar-refractivity contribution in [2.75, 3.05) is 37.6 Å². The monoisotopic (exact) mass is 450 g/mol. The number of nitrogens with zero attached hydrogens (tertiary/aromatic N) is 6. The Bertz CT molecular complexity index is 1060. The van der Waals surface area contributed by atoms with Gasteiger partial charge in [-0.2, -0.15) is 0 Å². The van der Waals surface area contributed by atoms with E-state index in [2.05, 4.69) is 16.9 Å². The normalized spacial score (nSPS) is 16.7. The highest BCUT2D eigenvalue weighted by molar-refractivity contribution is 6.35. The quantitative estimate of drug-likeness (QED) is 0.261. The first-order valence-corrected chi connectivity index (χ1v) is 11.1. The van der Waals surface area contributed by atoms with E-state index in [1.807, 2.05) is 9.80 Å². The smallest absolute Gasteiger partial charge is 0.277 e. The molecule has 0 bridgehead atoms. The van der Waals surface area contributed by atoms with Crippen molar-refractivity contribution in [3.05, 3.63) is 64.1 Å². The number of carbonyl (C=O) groups is 2. The van der Waals surface area contributed by atoms with Crippen molar-refractivity contribution >= 4 is 29.0 Å². The van der Waals surface area contributed by atoms with Gasteiger partial charge in [-0.25, -0.2) is 9.97 Å². The van der Waals surface area contributed by atoms with Crippen molar-refractivity contribution in [2.45, 2.75) is 26.2 Å². The van der Waals surface area contributed by atoms with E-state index in [0.29, 0.717) is 55.5 Å². The Kier molecular flexibility index (Phi) is 6.62. The Morgan fingerprint density at radius 3 is 2.18 bits per heavy atom. The number of imide groups is 1. The lowest BCUT2D eigenvalue weighted by atomic mass is 10.0. The zero-order chi connectivity index (χ0) is 23.4. The predicted octanol–water partition coefficient (Wildman–Crippen LogP) is 2.48. The van der Waals surface area contributed by atoms with E-state index in [4.69, 9.17) is 0 Å². The second kappa shape index (κ2) is 9.76. The number of unbranched alkanes of at least 4 members (excludes halogenated alkanes) is 2. The predicted molar refractivity (Wildman–Crippen MR) is 122 cm³/mol. The molecule has 1 aromatic heterocycles. The van der Waals surface area contributed by atoms with Gasteiger partial charge in [0.25, 0.3) is 17.5 Å². The molecule has 2 amide bonds. The standard InChI is InChI=1S/C23H26N6O4/c1-2-3-4-12-28-21(30)19(17-6-8-18(9-7-17)29(32)33)20(22(28)31)26-13-15-27(16-14-26)23-24-10-5-11-25-23/h5-11H,2-4,12-16H2,1H3. The van der Waals surface area contributed by atoms with Gasteiger partial charge in [-0.05, 0) is 30.2 Å². The van der Waals surface area contributed by atoms with Crippen molar-refractivity contribution in [2.24, 2.45) is 0 Å². The van der Waals surface area contributed by atoms with Gasteiger partial charge in [0.15, 0.2) is 0 Å². The van der Waals surface area contributed by atoms with Crippen LogP contribution in [-0.4, -0.2) is 69.2 Å². The highest BCUT2D eigenvalue weighted by Crippen LogP contribution is 2.33. The van der Waals surface area contributed by atoms with E-state index in [1.54, 1.807) is 30.6 Å². The topological polar surface area (TPSA) is 113 Å². The van der Waals surface area contributed by atoms with E-state index in [0.717, 1.165) is 19.3 Å². The maximum Gasteiger partial charge on any atom is 0.277 e. The number of nitro benzene ring substituents is 1. The lowest BCUT2D eigenvalue weighted by Gasteiger charge is -2.36. The summed E-state index contributed by atoms with van der Waals surface area (Å²) in [7, 11) is 0. The lowest BCUT2D eigenvalue weighted by molar-refractivity contribution is -0.384. The molecule has 2 aromatic rings. The summed E-state index contributed by atoms with van der Waals surface area (Å²) in [5.41, 5.74) is 1.14. The van der Waals surface area contributed by atoms with Crippen molar-refractivity contribution in [1.82, 2.24) is 19.8 Å². The summed E-state index contributed by atoms with van der Waals surface area (Å²) >= 11 is 0. The van der Waals surface area contributed by atoms with Crippen molar-refractivity contribution < 1.29 is 14.5 Å². The molecule has 1 fully saturated rings. The summed E-state index contributed by atoms with van der Waals surface area (Å²) in [5.74, 6) is -0.000570. The number of amides is 2. The Labute approximate surface area is 191 Å². The maximum atomic E-state index is 13.4. The number of non-ortho nitro benzene ring substituents is 1. The van der Waals surface area contributed by atoms with Crippen LogP contribution in [0, 0.1) is 10.1 Å². The summed E-state index contributed by atoms with van der Waals surface area (Å²) in [6.07, 6.45) is 6.03. The minimum Gasteiger partial charge on any atom is -0.363 e. The van der Waals surface area contributed by atoms with Gasteiger partial charge in [-0.3, -0.25) is 24.6 Å². The minimum atomic E-state index is -0.484. The number of piperazine rings is 1. The van der Waals surface area contributed by atoms with Crippen molar-refractivity contribution in [1.29, 1.82) is 0 Å². The molecule has 0 aliphatic carbocycles. The molecule has 2 aliphatic heterocycles. The molecule has 10 heteroatoms. The average Bonchev–Trinajstić information content (AvgIpc) is 3.09. The zero-order valence-corrected chi connectivity index (χ0v) is 18.5. The Morgan fingerprint density at radius 1 is 0.939 bits per heavy atom. The highest BCUT2D eigenvalue weighted by atomic mass is 16.6. The van der Waals surface area contributed by atoms with E-state index in [1.165, 1.54) is 17.0 Å². The number of hydrogen-bond acceptors (Lipinski definition) is 8. The number of anilines is 1. The van der Waals surface area contributed by atoms with Crippen LogP contribution in [0.5, 0.6) is 0 Å². The third-order valence-electron chi connectivity index (χ3n) is 5.93. The molecule has 2 aliphatic rings. The van der Waals surface area contributed by atoms with E-state index >= 15 is 0 Å². The van der Waals surface area contributed by atoms with Crippen molar-refractivity contribution in [3.63, 3.8) is 0 Å². The second-order valence-corrected chi connectivity index (χ2v) is 8.02. The molecule has 0 spiro atoms. The third-order valence-corrected chi connectivity index (χ3v) is 5.93. The SMILES string of the molecule is CCCCCN1C(=O)C(c2ccc([N+](=O)[O-])cc2)=C(N2CCN(c3ncccn3)CC2)C1=O. The molecular formula is C23H26N6O4. The zero-order valence-electron chi connectivity index (χ0n) is 18.5. The first kappa shape index (κ1) is 22.4. The Balaban J connectivity index is 1.62. The fraction of sp³-hybridized carbons (Fsp3) is 0.391. The number of benzene rings is 1. The van der Waals surface area contributed by atoms with Crippen LogP contribution in [0.2, 0.25) is 0 Å². The largest absolute Gasteiger partial charge is 0.363 e. The van der Waals surface area contributed by atoms with Gasteiger partial charge >= 0.3 is 0 Å². The first-order valence-electron chi connectivity index (χ1n) is 11.1. The van der Waals surface area contributed by atoms with Gasteiger partial charge < -0.3 is 9.80 Å². The van der Waals surface area contributed by atoms with E-state index < -0.39 is 4.92 Å². The molecule has 10 nitrogen and oxygen atoms in total. The van der Waals surface area contributed by atoms with Crippen LogP contribution in [-0.2, 0) is 9.59 Å². The van der Waals surface area contributed by atoms with E-state index in [9.17, 15) is 19.7 Å². The van der Waals surface area contributed by atoms with E-state index in [-0.39, 0.29) is 17.5 Å². The maximum absolute atomic E-state index is 13.4. The summed E-state index contributed by atoms with van der Waals surface area (Å²) < 4.78 is 0. The van der Waals surface area contributed by atoms with Gasteiger partial charge in [0.2, 0.25) is 5.95 Å². The molecular weight excluding hydrogens is 424 g/mol.